The summed E-state index contributed by atoms with van der Waals surface area (Å²) >= 11 is 0. The summed E-state index contributed by atoms with van der Waals surface area (Å²) in [6, 6.07) is 0. The summed E-state index contributed by atoms with van der Waals surface area (Å²) in [4.78, 5) is 0. The van der Waals surface area contributed by atoms with Gasteiger partial charge in [0, 0.05) is 0 Å². The van der Waals surface area contributed by atoms with E-state index in [9.17, 15) is 0 Å². The molecule has 0 aromatic carbocycles. The minimum Gasteiger partial charge on any atom is -1.00 e. The maximum atomic E-state index is 3.85. The zero-order valence-corrected chi connectivity index (χ0v) is 15.8. The van der Waals surface area contributed by atoms with Crippen LogP contribution in [0.1, 0.15) is 6.42 Å². The van der Waals surface area contributed by atoms with E-state index in [0.29, 0.717) is 5.54 Å². The topological polar surface area (TPSA) is 0 Å². The van der Waals surface area contributed by atoms with Crippen molar-refractivity contribution >= 4 is 8.07 Å². The Labute approximate surface area is 144 Å². The Hall–Kier alpha value is 0.380. The molecule has 4 heteroatoms. The summed E-state index contributed by atoms with van der Waals surface area (Å²) in [5.41, 5.74) is 2.68. The SMILES string of the molecule is C=C[Si](C)(C)C1[C-]=CC=C1.[C-]1=CC=CC1.[Cl-].[Cl-].[Zr+4]. The van der Waals surface area contributed by atoms with E-state index in [1.54, 1.807) is 0 Å². The molecule has 0 spiro atoms. The molecule has 0 aliphatic heterocycles. The fourth-order valence-electron chi connectivity index (χ4n) is 1.31. The van der Waals surface area contributed by atoms with Crippen LogP contribution >= 0.6 is 0 Å². The number of hydrogen-bond donors (Lipinski definition) is 0. The predicted molar refractivity (Wildman–Crippen MR) is 70.0 cm³/mol. The number of halogens is 2. The van der Waals surface area contributed by atoms with Gasteiger partial charge < -0.3 is 24.8 Å². The van der Waals surface area contributed by atoms with Gasteiger partial charge in [-0.1, -0.05) is 18.6 Å². The maximum Gasteiger partial charge on any atom is 4.00 e. The molecule has 2 rings (SSSR count). The first-order valence-electron chi connectivity index (χ1n) is 5.28. The first-order chi connectivity index (χ1) is 7.17. The Morgan fingerprint density at radius 1 is 1.22 bits per heavy atom. The fraction of sp³-hybridized carbons (Fsp3) is 0.286. The Balaban J connectivity index is -0.000000245. The first kappa shape index (κ1) is 23.5. The molecule has 0 saturated heterocycles. The van der Waals surface area contributed by atoms with Crippen molar-refractivity contribution in [1.82, 2.24) is 0 Å². The average Bonchev–Trinajstić information content (AvgIpc) is 2.93. The van der Waals surface area contributed by atoms with Crippen molar-refractivity contribution in [2.45, 2.75) is 25.1 Å². The van der Waals surface area contributed by atoms with Crippen LogP contribution in [0.4, 0.5) is 0 Å². The van der Waals surface area contributed by atoms with E-state index in [1.807, 2.05) is 18.2 Å². The molecule has 0 bridgehead atoms. The number of hydrogen-bond acceptors (Lipinski definition) is 0. The van der Waals surface area contributed by atoms with Gasteiger partial charge in [-0.3, -0.25) is 12.2 Å². The van der Waals surface area contributed by atoms with E-state index in [0.717, 1.165) is 6.42 Å². The molecule has 0 saturated carbocycles. The number of allylic oxidation sites excluding steroid dienone is 8. The van der Waals surface area contributed by atoms with Crippen molar-refractivity contribution in [2.24, 2.45) is 0 Å². The average molecular weight is 377 g/mol. The van der Waals surface area contributed by atoms with Gasteiger partial charge in [-0.05, 0) is 0 Å². The molecule has 0 radical (unpaired) electrons. The summed E-state index contributed by atoms with van der Waals surface area (Å²) in [7, 11) is -1.21. The van der Waals surface area contributed by atoms with Gasteiger partial charge in [0.1, 0.15) is 0 Å². The van der Waals surface area contributed by atoms with Crippen molar-refractivity contribution < 1.29 is 51.0 Å². The van der Waals surface area contributed by atoms with Crippen LogP contribution in [0.5, 0.6) is 0 Å². The van der Waals surface area contributed by atoms with Crippen LogP contribution in [-0.2, 0) is 26.2 Å². The molecular formula is C14H18Cl2SiZr. The molecule has 0 fully saturated rings. The molecule has 2 aliphatic rings. The third-order valence-electron chi connectivity index (χ3n) is 2.59. The molecule has 1 atom stereocenters. The Morgan fingerprint density at radius 3 is 2.17 bits per heavy atom. The van der Waals surface area contributed by atoms with Crippen molar-refractivity contribution in [1.29, 1.82) is 0 Å². The van der Waals surface area contributed by atoms with Gasteiger partial charge in [0.15, 0.2) is 0 Å². The van der Waals surface area contributed by atoms with Gasteiger partial charge in [0.25, 0.3) is 0 Å². The molecule has 96 valence electrons. The predicted octanol–water partition coefficient (Wildman–Crippen LogP) is -1.97. The second kappa shape index (κ2) is 12.4. The minimum atomic E-state index is -1.21. The van der Waals surface area contributed by atoms with Gasteiger partial charge in [-0.25, -0.2) is 24.3 Å². The summed E-state index contributed by atoms with van der Waals surface area (Å²) in [6.07, 6.45) is 19.6. The largest absolute Gasteiger partial charge is 4.00 e. The third kappa shape index (κ3) is 8.48. The molecular weight excluding hydrogens is 358 g/mol. The van der Waals surface area contributed by atoms with E-state index in [1.165, 1.54) is 0 Å². The molecule has 18 heavy (non-hydrogen) atoms. The van der Waals surface area contributed by atoms with Crippen LogP contribution in [0.2, 0.25) is 18.6 Å². The van der Waals surface area contributed by atoms with E-state index >= 15 is 0 Å². The van der Waals surface area contributed by atoms with E-state index in [4.69, 9.17) is 0 Å². The van der Waals surface area contributed by atoms with Crippen LogP contribution in [0, 0.1) is 12.2 Å². The van der Waals surface area contributed by atoms with Gasteiger partial charge in [0.05, 0.1) is 8.07 Å². The van der Waals surface area contributed by atoms with Gasteiger partial charge in [0.2, 0.25) is 0 Å². The Morgan fingerprint density at radius 2 is 1.89 bits per heavy atom. The van der Waals surface area contributed by atoms with Crippen molar-refractivity contribution in [3.8, 4) is 0 Å². The van der Waals surface area contributed by atoms with Crippen molar-refractivity contribution in [3.63, 3.8) is 0 Å². The normalized spacial score (nSPS) is 18.0. The number of rotatable bonds is 2. The van der Waals surface area contributed by atoms with Crippen LogP contribution in [-0.4, -0.2) is 8.07 Å². The van der Waals surface area contributed by atoms with Crippen LogP contribution in [0.3, 0.4) is 0 Å². The molecule has 1 unspecified atom stereocenters. The molecule has 0 nitrogen and oxygen atoms in total. The van der Waals surface area contributed by atoms with Crippen LogP contribution in [0.15, 0.2) is 48.7 Å². The minimum absolute atomic E-state index is 0. The van der Waals surface area contributed by atoms with Gasteiger partial charge >= 0.3 is 26.2 Å². The summed E-state index contributed by atoms with van der Waals surface area (Å²) in [5, 5.41) is 0. The third-order valence-corrected chi connectivity index (χ3v) is 5.60. The van der Waals surface area contributed by atoms with Gasteiger partial charge in [-0.15, -0.1) is 18.7 Å². The molecule has 0 aromatic heterocycles. The summed E-state index contributed by atoms with van der Waals surface area (Å²) < 4.78 is 0. The van der Waals surface area contributed by atoms with Gasteiger partial charge in [-0.2, -0.15) is 12.2 Å². The Kier molecular flexibility index (Phi) is 16.2. The maximum absolute atomic E-state index is 3.85. The monoisotopic (exact) mass is 374 g/mol. The van der Waals surface area contributed by atoms with E-state index in [-0.39, 0.29) is 51.0 Å². The smallest absolute Gasteiger partial charge is 1.00 e. The molecule has 0 N–H and O–H groups in total. The summed E-state index contributed by atoms with van der Waals surface area (Å²) in [6.45, 7) is 8.46. The molecule has 0 amide bonds. The zero-order valence-electron chi connectivity index (χ0n) is 10.8. The first-order valence-corrected chi connectivity index (χ1v) is 8.43. The van der Waals surface area contributed by atoms with Crippen LogP contribution < -0.4 is 24.8 Å². The van der Waals surface area contributed by atoms with Crippen LogP contribution in [0.25, 0.3) is 0 Å². The van der Waals surface area contributed by atoms with E-state index in [2.05, 4.69) is 55.8 Å². The summed E-state index contributed by atoms with van der Waals surface area (Å²) in [5.74, 6) is 0. The molecule has 0 aromatic rings. The van der Waals surface area contributed by atoms with Crippen molar-refractivity contribution in [3.05, 3.63) is 60.9 Å². The van der Waals surface area contributed by atoms with E-state index < -0.39 is 8.07 Å². The van der Waals surface area contributed by atoms with Crippen molar-refractivity contribution in [2.75, 3.05) is 0 Å². The zero-order chi connectivity index (χ0) is 11.1. The fourth-order valence-corrected chi connectivity index (χ4v) is 2.70. The quantitative estimate of drug-likeness (QED) is 0.388. The molecule has 2 aliphatic carbocycles. The second-order valence-corrected chi connectivity index (χ2v) is 8.90. The Bertz CT molecular complexity index is 309. The second-order valence-electron chi connectivity index (χ2n) is 4.22. The molecule has 0 heterocycles. The standard InChI is InChI=1S/C9H13Si.C5H5.2ClH.Zr/c1-4-10(2,3)9-7-5-6-8-9;1-2-4-5-3-1;;;/h4-7,9H,1H2,2-3H3;1-3H,4H2;2*1H;/q2*-1;;;+4/p-2.